The zero-order valence-corrected chi connectivity index (χ0v) is 20.4. The topological polar surface area (TPSA) is 67.6 Å². The molecular weight excluding hydrogens is 368 g/mol. The second-order valence-corrected chi connectivity index (χ2v) is 8.77. The molecule has 0 fully saturated rings. The van der Waals surface area contributed by atoms with Crippen LogP contribution in [0.3, 0.4) is 0 Å². The van der Waals surface area contributed by atoms with E-state index in [1.54, 1.807) is 18.0 Å². The Kier molecular flexibility index (Phi) is 13.1. The van der Waals surface area contributed by atoms with E-state index in [1.807, 2.05) is 0 Å². The number of hydrogen-bond donors (Lipinski definition) is 2. The number of aromatic amines is 1. The first kappa shape index (κ1) is 26.2. The zero-order chi connectivity index (χ0) is 22.4. The Morgan fingerprint density at radius 2 is 1.53 bits per heavy atom. The molecule has 1 heterocycles. The first-order chi connectivity index (χ1) is 14.5. The highest BCUT2D eigenvalue weighted by atomic mass is 15.3. The molecule has 0 aliphatic carbocycles. The van der Waals surface area contributed by atoms with E-state index in [9.17, 15) is 0 Å². The number of nitrogens with one attached hydrogen (secondary N) is 1. The number of rotatable bonds is 12. The number of hydrogen-bond acceptors (Lipinski definition) is 3. The Morgan fingerprint density at radius 1 is 0.933 bits per heavy atom. The van der Waals surface area contributed by atoms with Gasteiger partial charge >= 0.3 is 0 Å². The van der Waals surface area contributed by atoms with Gasteiger partial charge in [0.2, 0.25) is 0 Å². The van der Waals surface area contributed by atoms with Gasteiger partial charge in [-0.1, -0.05) is 90.3 Å². The van der Waals surface area contributed by atoms with Gasteiger partial charge in [0.25, 0.3) is 0 Å². The Morgan fingerprint density at radius 3 is 1.97 bits per heavy atom. The SMILES string of the molecule is CCCCC(CC)Cc1cc(C)c(C)c(N)c1CC(CC)CCCC.c1c[nH]nn1. The number of nitrogens with zero attached hydrogens (tertiary/aromatic N) is 2. The lowest BCUT2D eigenvalue weighted by Gasteiger charge is -2.24. The van der Waals surface area contributed by atoms with Crippen LogP contribution in [0, 0.1) is 25.7 Å². The number of H-pyrrole nitrogens is 1. The van der Waals surface area contributed by atoms with Crippen molar-refractivity contribution in [2.45, 2.75) is 106 Å². The average molecular weight is 415 g/mol. The monoisotopic (exact) mass is 414 g/mol. The Balaban J connectivity index is 0.000000780. The molecule has 0 saturated heterocycles. The van der Waals surface area contributed by atoms with E-state index >= 15 is 0 Å². The molecule has 2 atom stereocenters. The van der Waals surface area contributed by atoms with Crippen molar-refractivity contribution in [2.24, 2.45) is 11.8 Å². The van der Waals surface area contributed by atoms with Crippen molar-refractivity contribution in [2.75, 3.05) is 5.73 Å². The van der Waals surface area contributed by atoms with Crippen molar-refractivity contribution in [3.8, 4) is 0 Å². The highest BCUT2D eigenvalue weighted by Gasteiger charge is 2.18. The van der Waals surface area contributed by atoms with Gasteiger partial charge in [0.05, 0.1) is 6.20 Å². The summed E-state index contributed by atoms with van der Waals surface area (Å²) in [5.74, 6) is 1.58. The molecule has 0 aliphatic rings. The van der Waals surface area contributed by atoms with E-state index < -0.39 is 0 Å². The van der Waals surface area contributed by atoms with Gasteiger partial charge < -0.3 is 5.73 Å². The minimum absolute atomic E-state index is 0.777. The second-order valence-electron chi connectivity index (χ2n) is 8.77. The van der Waals surface area contributed by atoms with Gasteiger partial charge in [-0.3, -0.25) is 5.10 Å². The number of nitrogen functional groups attached to an aromatic ring is 1. The molecule has 0 aliphatic heterocycles. The van der Waals surface area contributed by atoms with E-state index in [1.165, 1.54) is 80.9 Å². The fraction of sp³-hybridized carbons (Fsp3) is 0.692. The third kappa shape index (κ3) is 8.89. The Hall–Kier alpha value is -1.84. The lowest BCUT2D eigenvalue weighted by molar-refractivity contribution is 0.434. The molecule has 170 valence electrons. The summed E-state index contributed by atoms with van der Waals surface area (Å²) in [4.78, 5) is 0. The first-order valence-electron chi connectivity index (χ1n) is 12.2. The van der Waals surface area contributed by atoms with Gasteiger partial charge in [-0.05, 0) is 60.8 Å². The van der Waals surface area contributed by atoms with E-state index in [0.29, 0.717) is 0 Å². The summed E-state index contributed by atoms with van der Waals surface area (Å²) in [6.45, 7) is 13.7. The summed E-state index contributed by atoms with van der Waals surface area (Å²) >= 11 is 0. The van der Waals surface area contributed by atoms with Crippen LogP contribution in [0.4, 0.5) is 5.69 Å². The molecule has 0 amide bonds. The van der Waals surface area contributed by atoms with E-state index in [2.05, 4.69) is 63.0 Å². The number of nitrogens with two attached hydrogens (primary N) is 1. The maximum Gasteiger partial charge on any atom is 0.0690 e. The van der Waals surface area contributed by atoms with Crippen LogP contribution in [0.15, 0.2) is 18.5 Å². The summed E-state index contributed by atoms with van der Waals surface area (Å²) in [5, 5.41) is 9.26. The van der Waals surface area contributed by atoms with Crippen molar-refractivity contribution >= 4 is 5.69 Å². The largest absolute Gasteiger partial charge is 0.398 e. The van der Waals surface area contributed by atoms with E-state index in [-0.39, 0.29) is 0 Å². The standard InChI is InChI=1S/C24H43N.C2H3N3/c1-7-11-13-20(9-3)16-22-15-18(5)19(6)24(25)23(22)17-21(10-4)14-12-8-2;1-2-4-5-3-1/h15,20-21H,7-14,16-17,25H2,1-6H3;1-2H,(H,3,4,5). The molecule has 0 spiro atoms. The Labute approximate surface area is 185 Å². The van der Waals surface area contributed by atoms with E-state index in [4.69, 9.17) is 5.73 Å². The molecule has 1 aromatic heterocycles. The summed E-state index contributed by atoms with van der Waals surface area (Å²) in [5.41, 5.74) is 13.4. The van der Waals surface area contributed by atoms with Crippen molar-refractivity contribution in [1.29, 1.82) is 0 Å². The smallest absolute Gasteiger partial charge is 0.0690 e. The second kappa shape index (κ2) is 15.0. The molecule has 0 saturated carbocycles. The quantitative estimate of drug-likeness (QED) is 0.361. The fourth-order valence-corrected chi connectivity index (χ4v) is 4.14. The predicted molar refractivity (Wildman–Crippen MR) is 131 cm³/mol. The van der Waals surface area contributed by atoms with Gasteiger partial charge in [0, 0.05) is 11.9 Å². The van der Waals surface area contributed by atoms with Gasteiger partial charge in [0.15, 0.2) is 0 Å². The van der Waals surface area contributed by atoms with Crippen LogP contribution in [-0.2, 0) is 12.8 Å². The maximum atomic E-state index is 6.63. The summed E-state index contributed by atoms with van der Waals surface area (Å²) in [6.07, 6.45) is 16.1. The van der Waals surface area contributed by atoms with Crippen LogP contribution < -0.4 is 5.73 Å². The van der Waals surface area contributed by atoms with Crippen LogP contribution in [-0.4, -0.2) is 15.4 Å². The minimum atomic E-state index is 0.777. The molecule has 2 rings (SSSR count). The van der Waals surface area contributed by atoms with Crippen LogP contribution in [0.1, 0.15) is 101 Å². The van der Waals surface area contributed by atoms with Crippen LogP contribution in [0.2, 0.25) is 0 Å². The lowest BCUT2D eigenvalue weighted by Crippen LogP contribution is -2.13. The normalized spacial score (nSPS) is 12.9. The molecule has 30 heavy (non-hydrogen) atoms. The van der Waals surface area contributed by atoms with Crippen molar-refractivity contribution < 1.29 is 0 Å². The number of aryl methyl sites for hydroxylation is 1. The molecule has 0 bridgehead atoms. The molecule has 4 heteroatoms. The number of aromatic nitrogens is 3. The third-order valence-corrected chi connectivity index (χ3v) is 6.52. The van der Waals surface area contributed by atoms with Crippen LogP contribution >= 0.6 is 0 Å². The molecule has 1 aromatic carbocycles. The highest BCUT2D eigenvalue weighted by Crippen LogP contribution is 2.32. The maximum absolute atomic E-state index is 6.63. The molecule has 2 aromatic rings. The van der Waals surface area contributed by atoms with Crippen molar-refractivity contribution in [1.82, 2.24) is 15.4 Å². The van der Waals surface area contributed by atoms with Gasteiger partial charge in [-0.15, -0.1) is 5.10 Å². The van der Waals surface area contributed by atoms with Crippen molar-refractivity contribution in [3.05, 3.63) is 40.7 Å². The van der Waals surface area contributed by atoms with Gasteiger partial charge in [-0.25, -0.2) is 0 Å². The number of benzene rings is 1. The van der Waals surface area contributed by atoms with E-state index in [0.717, 1.165) is 17.5 Å². The molecule has 0 radical (unpaired) electrons. The van der Waals surface area contributed by atoms with Gasteiger partial charge in [-0.2, -0.15) is 0 Å². The Bertz CT molecular complexity index is 662. The highest BCUT2D eigenvalue weighted by molar-refractivity contribution is 5.60. The zero-order valence-electron chi connectivity index (χ0n) is 20.4. The number of unbranched alkanes of at least 4 members (excludes halogenated alkanes) is 2. The number of anilines is 1. The summed E-state index contributed by atoms with van der Waals surface area (Å²) in [6, 6.07) is 2.45. The average Bonchev–Trinajstić information content (AvgIpc) is 3.34. The minimum Gasteiger partial charge on any atom is -0.398 e. The van der Waals surface area contributed by atoms with Crippen LogP contribution in [0.5, 0.6) is 0 Å². The summed E-state index contributed by atoms with van der Waals surface area (Å²) in [7, 11) is 0. The predicted octanol–water partition coefficient (Wildman–Crippen LogP) is 7.21. The summed E-state index contributed by atoms with van der Waals surface area (Å²) < 4.78 is 0. The molecule has 3 N–H and O–H groups in total. The first-order valence-corrected chi connectivity index (χ1v) is 12.2. The molecular formula is C26H46N4. The van der Waals surface area contributed by atoms with Gasteiger partial charge in [0.1, 0.15) is 0 Å². The fourth-order valence-electron chi connectivity index (χ4n) is 4.14. The van der Waals surface area contributed by atoms with Crippen LogP contribution in [0.25, 0.3) is 0 Å². The van der Waals surface area contributed by atoms with Crippen molar-refractivity contribution in [3.63, 3.8) is 0 Å². The lowest BCUT2D eigenvalue weighted by atomic mass is 9.83. The molecule has 2 unspecified atom stereocenters. The third-order valence-electron chi connectivity index (χ3n) is 6.52. The molecule has 4 nitrogen and oxygen atoms in total.